The Hall–Kier alpha value is -1.65. The molecule has 0 aliphatic heterocycles. The zero-order chi connectivity index (χ0) is 19.0. The molecule has 0 unspecified atom stereocenters. The van der Waals surface area contributed by atoms with Gasteiger partial charge in [-0.15, -0.1) is 0 Å². The lowest BCUT2D eigenvalue weighted by Gasteiger charge is -2.03. The summed E-state index contributed by atoms with van der Waals surface area (Å²) in [6.45, 7) is 0. The molecule has 0 saturated carbocycles. The third-order valence-electron chi connectivity index (χ3n) is 3.87. The zero-order valence-corrected chi connectivity index (χ0v) is 18.7. The van der Waals surface area contributed by atoms with Crippen LogP contribution in [-0.4, -0.2) is 16.3 Å². The number of aliphatic imine (C=N–C) groups is 1. The second-order valence-electron chi connectivity index (χ2n) is 5.76. The van der Waals surface area contributed by atoms with Gasteiger partial charge >= 0.3 is 0 Å². The third-order valence-corrected chi connectivity index (χ3v) is 5.55. The van der Waals surface area contributed by atoms with E-state index in [1.165, 1.54) is 0 Å². The number of halogens is 3. The van der Waals surface area contributed by atoms with Gasteiger partial charge in [0.2, 0.25) is 5.89 Å². The summed E-state index contributed by atoms with van der Waals surface area (Å²) >= 11 is 10.3. The first-order valence-electron chi connectivity index (χ1n) is 7.88. The maximum Gasteiger partial charge on any atom is 0.227 e. The molecule has 27 heavy (non-hydrogen) atoms. The molecule has 0 atom stereocenters. The SMILES string of the molecule is Oc1c(I)cc(I)cc1C=Nc1ccc(-c2nc3cc(Cl)ccc3o2)cc1. The summed E-state index contributed by atoms with van der Waals surface area (Å²) in [5.74, 6) is 0.772. The van der Waals surface area contributed by atoms with E-state index in [9.17, 15) is 5.11 Å². The first kappa shape index (κ1) is 18.7. The van der Waals surface area contributed by atoms with Crippen LogP contribution in [0.1, 0.15) is 5.56 Å². The topological polar surface area (TPSA) is 58.6 Å². The Morgan fingerprint density at radius 1 is 1.04 bits per heavy atom. The van der Waals surface area contributed by atoms with E-state index in [4.69, 9.17) is 16.0 Å². The van der Waals surface area contributed by atoms with E-state index >= 15 is 0 Å². The molecule has 0 amide bonds. The minimum atomic E-state index is 0.238. The van der Waals surface area contributed by atoms with Crippen molar-refractivity contribution in [2.75, 3.05) is 0 Å². The predicted molar refractivity (Wildman–Crippen MR) is 125 cm³/mol. The Morgan fingerprint density at radius 2 is 1.81 bits per heavy atom. The normalized spacial score (nSPS) is 11.5. The van der Waals surface area contributed by atoms with Crippen molar-refractivity contribution < 1.29 is 9.52 Å². The lowest BCUT2D eigenvalue weighted by molar-refractivity contribution is 0.470. The molecule has 0 saturated heterocycles. The number of aromatic hydroxyl groups is 1. The highest BCUT2D eigenvalue weighted by atomic mass is 127. The molecular formula is C20H11ClI2N2O2. The summed E-state index contributed by atoms with van der Waals surface area (Å²) < 4.78 is 7.62. The van der Waals surface area contributed by atoms with Crippen LogP contribution in [0.4, 0.5) is 5.69 Å². The number of benzene rings is 3. The average molecular weight is 601 g/mol. The van der Waals surface area contributed by atoms with Gasteiger partial charge < -0.3 is 9.52 Å². The molecule has 4 nitrogen and oxygen atoms in total. The summed E-state index contributed by atoms with van der Waals surface area (Å²) in [7, 11) is 0. The fourth-order valence-electron chi connectivity index (χ4n) is 2.54. The van der Waals surface area contributed by atoms with Crippen molar-refractivity contribution in [3.05, 3.63) is 72.3 Å². The van der Waals surface area contributed by atoms with Gasteiger partial charge in [0.1, 0.15) is 11.3 Å². The van der Waals surface area contributed by atoms with Gasteiger partial charge in [0.05, 0.1) is 9.26 Å². The number of fused-ring (bicyclic) bond motifs is 1. The fraction of sp³-hybridized carbons (Fsp3) is 0. The molecule has 0 fully saturated rings. The van der Waals surface area contributed by atoms with E-state index in [-0.39, 0.29) is 5.75 Å². The molecule has 3 aromatic carbocycles. The lowest BCUT2D eigenvalue weighted by Crippen LogP contribution is -1.87. The van der Waals surface area contributed by atoms with Crippen LogP contribution < -0.4 is 0 Å². The third kappa shape index (κ3) is 4.12. The zero-order valence-electron chi connectivity index (χ0n) is 13.7. The second kappa shape index (κ2) is 7.76. The summed E-state index contributed by atoms with van der Waals surface area (Å²) in [4.78, 5) is 8.92. The Bertz CT molecular complexity index is 1170. The second-order valence-corrected chi connectivity index (χ2v) is 8.61. The Morgan fingerprint density at radius 3 is 2.59 bits per heavy atom. The minimum Gasteiger partial charge on any atom is -0.506 e. The highest BCUT2D eigenvalue weighted by molar-refractivity contribution is 14.1. The van der Waals surface area contributed by atoms with Gasteiger partial charge in [-0.05, 0) is 99.8 Å². The molecule has 7 heteroatoms. The first-order chi connectivity index (χ1) is 13.0. The van der Waals surface area contributed by atoms with Crippen LogP contribution >= 0.6 is 56.8 Å². The molecule has 0 radical (unpaired) electrons. The molecule has 4 aromatic rings. The van der Waals surface area contributed by atoms with Crippen LogP contribution in [0.5, 0.6) is 5.75 Å². The van der Waals surface area contributed by atoms with E-state index in [1.807, 2.05) is 42.5 Å². The predicted octanol–water partition coefficient (Wildman–Crippen LogP) is 6.81. The van der Waals surface area contributed by atoms with E-state index in [0.717, 1.165) is 23.9 Å². The first-order valence-corrected chi connectivity index (χ1v) is 10.4. The molecule has 0 spiro atoms. The van der Waals surface area contributed by atoms with Crippen molar-refractivity contribution in [1.82, 2.24) is 4.98 Å². The van der Waals surface area contributed by atoms with Gasteiger partial charge in [0.25, 0.3) is 0 Å². The van der Waals surface area contributed by atoms with Crippen LogP contribution in [0.15, 0.2) is 64.0 Å². The molecule has 0 aliphatic carbocycles. The van der Waals surface area contributed by atoms with E-state index in [0.29, 0.717) is 22.1 Å². The molecule has 0 bridgehead atoms. The highest BCUT2D eigenvalue weighted by Crippen LogP contribution is 2.29. The largest absolute Gasteiger partial charge is 0.506 e. The number of nitrogens with zero attached hydrogens (tertiary/aromatic N) is 2. The molecule has 134 valence electrons. The number of phenols is 1. The standard InChI is InChI=1S/C20H11ClI2N2O2/c21-13-3-6-18-17(8-13)25-20(27-18)11-1-4-15(5-2-11)24-10-12-7-14(22)9-16(23)19(12)26/h1-10,26H. The Kier molecular flexibility index (Phi) is 5.38. The number of phenolic OH excluding ortho intramolecular Hbond substituents is 1. The molecule has 4 rings (SSSR count). The number of hydrogen-bond acceptors (Lipinski definition) is 4. The molecule has 0 aliphatic rings. The summed E-state index contributed by atoms with van der Waals surface area (Å²) in [5.41, 5.74) is 3.73. The van der Waals surface area contributed by atoms with Crippen molar-refractivity contribution in [2.24, 2.45) is 4.99 Å². The van der Waals surface area contributed by atoms with Crippen LogP contribution in [0.2, 0.25) is 5.02 Å². The number of aromatic nitrogens is 1. The van der Waals surface area contributed by atoms with Gasteiger partial charge in [0, 0.05) is 25.9 Å². The summed E-state index contributed by atoms with van der Waals surface area (Å²) in [6, 6.07) is 16.7. The molecule has 1 N–H and O–H groups in total. The number of hydrogen-bond donors (Lipinski definition) is 1. The van der Waals surface area contributed by atoms with Crippen molar-refractivity contribution >= 4 is 79.8 Å². The quantitative estimate of drug-likeness (QED) is 0.208. The summed E-state index contributed by atoms with van der Waals surface area (Å²) in [6.07, 6.45) is 1.66. The van der Waals surface area contributed by atoms with Crippen LogP contribution in [0, 0.1) is 7.14 Å². The Balaban J connectivity index is 1.60. The van der Waals surface area contributed by atoms with Gasteiger partial charge in [-0.3, -0.25) is 4.99 Å². The van der Waals surface area contributed by atoms with Crippen molar-refractivity contribution in [3.63, 3.8) is 0 Å². The maximum absolute atomic E-state index is 10.1. The maximum atomic E-state index is 10.1. The van der Waals surface area contributed by atoms with E-state index < -0.39 is 0 Å². The van der Waals surface area contributed by atoms with Gasteiger partial charge in [-0.1, -0.05) is 11.6 Å². The lowest BCUT2D eigenvalue weighted by atomic mass is 10.2. The number of rotatable bonds is 3. The number of oxazole rings is 1. The highest BCUT2D eigenvalue weighted by Gasteiger charge is 2.09. The molecule has 1 heterocycles. The van der Waals surface area contributed by atoms with Crippen LogP contribution in [0.3, 0.4) is 0 Å². The van der Waals surface area contributed by atoms with Gasteiger partial charge in [0.15, 0.2) is 5.58 Å². The van der Waals surface area contributed by atoms with Crippen molar-refractivity contribution in [2.45, 2.75) is 0 Å². The fourth-order valence-corrected chi connectivity index (χ4v) is 4.60. The molecular weight excluding hydrogens is 589 g/mol. The van der Waals surface area contributed by atoms with Crippen LogP contribution in [0.25, 0.3) is 22.6 Å². The van der Waals surface area contributed by atoms with Crippen LogP contribution in [-0.2, 0) is 0 Å². The van der Waals surface area contributed by atoms with Gasteiger partial charge in [-0.2, -0.15) is 0 Å². The van der Waals surface area contributed by atoms with Crippen molar-refractivity contribution in [1.29, 1.82) is 0 Å². The summed E-state index contributed by atoms with van der Waals surface area (Å²) in [5, 5.41) is 10.8. The Labute approximate surface area is 187 Å². The minimum absolute atomic E-state index is 0.238. The monoisotopic (exact) mass is 600 g/mol. The van der Waals surface area contributed by atoms with E-state index in [2.05, 4.69) is 55.2 Å². The smallest absolute Gasteiger partial charge is 0.227 e. The molecule has 1 aromatic heterocycles. The van der Waals surface area contributed by atoms with Crippen molar-refractivity contribution in [3.8, 4) is 17.2 Å². The van der Waals surface area contributed by atoms with Gasteiger partial charge in [-0.25, -0.2) is 4.98 Å². The average Bonchev–Trinajstić information content (AvgIpc) is 3.07. The van der Waals surface area contributed by atoms with E-state index in [1.54, 1.807) is 18.3 Å².